The molecule has 0 unspecified atom stereocenters. The van der Waals surface area contributed by atoms with Crippen molar-refractivity contribution in [3.8, 4) is 11.5 Å². The fourth-order valence-electron chi connectivity index (χ4n) is 1.56. The van der Waals surface area contributed by atoms with Crippen LogP contribution in [0.5, 0.6) is 11.5 Å². The van der Waals surface area contributed by atoms with Crippen LogP contribution >= 0.6 is 15.9 Å². The van der Waals surface area contributed by atoms with Gasteiger partial charge in [0.2, 0.25) is 0 Å². The highest BCUT2D eigenvalue weighted by Crippen LogP contribution is 2.34. The van der Waals surface area contributed by atoms with Gasteiger partial charge in [-0.15, -0.1) is 0 Å². The maximum Gasteiger partial charge on any atom is 0.344 e. The smallest absolute Gasteiger partial charge is 0.344 e. The molecular weight excluding hydrogens is 356 g/mol. The number of esters is 1. The van der Waals surface area contributed by atoms with Crippen LogP contribution in [0.1, 0.15) is 19.4 Å². The lowest BCUT2D eigenvalue weighted by Gasteiger charge is -2.13. The third-order valence-corrected chi connectivity index (χ3v) is 3.11. The molecule has 0 spiro atoms. The normalized spacial score (nSPS) is 10.5. The zero-order valence-electron chi connectivity index (χ0n) is 12.3. The van der Waals surface area contributed by atoms with E-state index < -0.39 is 11.9 Å². The number of carboxylic acids is 1. The Labute approximate surface area is 136 Å². The van der Waals surface area contributed by atoms with Gasteiger partial charge < -0.3 is 19.3 Å². The standard InChI is InChI=1S/C15H17BrO6/c1-3-20-12-7-10(5-6-14(17)18)11(16)8-13(12)22-9-15(19)21-4-2/h5-8H,3-4,9H2,1-2H3,(H,17,18)/b6-5+. The van der Waals surface area contributed by atoms with E-state index in [2.05, 4.69) is 15.9 Å². The first kappa shape index (κ1) is 18.0. The summed E-state index contributed by atoms with van der Waals surface area (Å²) < 4.78 is 16.3. The number of carboxylic acid groups (broad SMARTS) is 1. The molecule has 0 fully saturated rings. The molecule has 7 heteroatoms. The lowest BCUT2D eigenvalue weighted by atomic mass is 10.2. The molecular formula is C15H17BrO6. The molecule has 1 aromatic carbocycles. The Morgan fingerprint density at radius 2 is 1.86 bits per heavy atom. The third-order valence-electron chi connectivity index (χ3n) is 2.42. The molecule has 0 aromatic heterocycles. The second kappa shape index (κ2) is 9.09. The van der Waals surface area contributed by atoms with Crippen molar-refractivity contribution in [2.75, 3.05) is 19.8 Å². The minimum atomic E-state index is -1.05. The molecule has 0 bridgehead atoms. The Morgan fingerprint density at radius 3 is 2.45 bits per heavy atom. The number of ether oxygens (including phenoxy) is 3. The van der Waals surface area contributed by atoms with Crippen molar-refractivity contribution < 1.29 is 28.9 Å². The van der Waals surface area contributed by atoms with Crippen LogP contribution in [0.25, 0.3) is 6.08 Å². The molecule has 1 rings (SSSR count). The van der Waals surface area contributed by atoms with Gasteiger partial charge in [-0.3, -0.25) is 0 Å². The average molecular weight is 373 g/mol. The second-order valence-electron chi connectivity index (χ2n) is 4.02. The molecule has 1 N–H and O–H groups in total. The van der Waals surface area contributed by atoms with Crippen molar-refractivity contribution in [2.45, 2.75) is 13.8 Å². The Hall–Kier alpha value is -2.02. The lowest BCUT2D eigenvalue weighted by molar-refractivity contribution is -0.145. The average Bonchev–Trinajstić information content (AvgIpc) is 2.46. The van der Waals surface area contributed by atoms with Gasteiger partial charge in [-0.05, 0) is 37.6 Å². The zero-order valence-corrected chi connectivity index (χ0v) is 13.9. The highest BCUT2D eigenvalue weighted by Gasteiger charge is 2.12. The number of carbonyl (C=O) groups excluding carboxylic acids is 1. The summed E-state index contributed by atoms with van der Waals surface area (Å²) in [7, 11) is 0. The van der Waals surface area contributed by atoms with Crippen LogP contribution in [-0.2, 0) is 14.3 Å². The number of rotatable bonds is 8. The van der Waals surface area contributed by atoms with Crippen molar-refractivity contribution in [1.29, 1.82) is 0 Å². The summed E-state index contributed by atoms with van der Waals surface area (Å²) in [4.78, 5) is 21.9. The molecule has 1 aromatic rings. The maximum absolute atomic E-state index is 11.3. The molecule has 0 heterocycles. The molecule has 0 aliphatic carbocycles. The van der Waals surface area contributed by atoms with Gasteiger partial charge in [0.1, 0.15) is 0 Å². The fraction of sp³-hybridized carbons (Fsp3) is 0.333. The summed E-state index contributed by atoms with van der Waals surface area (Å²) in [6.07, 6.45) is 2.46. The van der Waals surface area contributed by atoms with E-state index in [9.17, 15) is 9.59 Å². The van der Waals surface area contributed by atoms with Gasteiger partial charge in [0.05, 0.1) is 13.2 Å². The van der Waals surface area contributed by atoms with Crippen molar-refractivity contribution in [1.82, 2.24) is 0 Å². The minimum absolute atomic E-state index is 0.231. The van der Waals surface area contributed by atoms with E-state index in [1.807, 2.05) is 6.92 Å². The molecule has 0 saturated heterocycles. The number of halogens is 1. The first-order valence-corrected chi connectivity index (χ1v) is 7.43. The predicted octanol–water partition coefficient (Wildman–Crippen LogP) is 2.89. The summed E-state index contributed by atoms with van der Waals surface area (Å²) >= 11 is 3.32. The highest BCUT2D eigenvalue weighted by atomic mass is 79.9. The van der Waals surface area contributed by atoms with Gasteiger partial charge in [-0.2, -0.15) is 0 Å². The number of carbonyl (C=O) groups is 2. The lowest BCUT2D eigenvalue weighted by Crippen LogP contribution is -2.15. The maximum atomic E-state index is 11.3. The highest BCUT2D eigenvalue weighted by molar-refractivity contribution is 9.10. The molecule has 0 amide bonds. The van der Waals surface area contributed by atoms with E-state index in [4.69, 9.17) is 19.3 Å². The largest absolute Gasteiger partial charge is 0.490 e. The Bertz CT molecular complexity index is 567. The number of aliphatic carboxylic acids is 1. The third kappa shape index (κ3) is 5.77. The predicted molar refractivity (Wildman–Crippen MR) is 84.1 cm³/mol. The van der Waals surface area contributed by atoms with Crippen molar-refractivity contribution in [3.63, 3.8) is 0 Å². The Morgan fingerprint density at radius 1 is 1.18 bits per heavy atom. The van der Waals surface area contributed by atoms with E-state index in [1.165, 1.54) is 6.08 Å². The minimum Gasteiger partial charge on any atom is -0.490 e. The summed E-state index contributed by atoms with van der Waals surface area (Å²) in [6, 6.07) is 3.25. The summed E-state index contributed by atoms with van der Waals surface area (Å²) in [6.45, 7) is 3.97. The van der Waals surface area contributed by atoms with E-state index in [-0.39, 0.29) is 13.2 Å². The van der Waals surface area contributed by atoms with Crippen molar-refractivity contribution in [3.05, 3.63) is 28.2 Å². The fourth-order valence-corrected chi connectivity index (χ4v) is 2.01. The summed E-state index contributed by atoms with van der Waals surface area (Å²) in [5, 5.41) is 8.68. The van der Waals surface area contributed by atoms with E-state index in [0.29, 0.717) is 28.1 Å². The van der Waals surface area contributed by atoms with Crippen LogP contribution in [0.2, 0.25) is 0 Å². The molecule has 120 valence electrons. The number of hydrogen-bond donors (Lipinski definition) is 1. The van der Waals surface area contributed by atoms with E-state index >= 15 is 0 Å². The van der Waals surface area contributed by atoms with Crippen LogP contribution in [-0.4, -0.2) is 36.9 Å². The molecule has 0 aliphatic heterocycles. The zero-order chi connectivity index (χ0) is 16.5. The monoisotopic (exact) mass is 372 g/mol. The van der Waals surface area contributed by atoms with Crippen LogP contribution in [0.4, 0.5) is 0 Å². The van der Waals surface area contributed by atoms with Gasteiger partial charge in [0.25, 0.3) is 0 Å². The summed E-state index contributed by atoms with van der Waals surface area (Å²) in [5.41, 5.74) is 0.620. The second-order valence-corrected chi connectivity index (χ2v) is 4.87. The van der Waals surface area contributed by atoms with E-state index in [1.54, 1.807) is 19.1 Å². The molecule has 0 saturated carbocycles. The van der Waals surface area contributed by atoms with Gasteiger partial charge in [-0.25, -0.2) is 9.59 Å². The van der Waals surface area contributed by atoms with Gasteiger partial charge in [0, 0.05) is 10.5 Å². The SMILES string of the molecule is CCOC(=O)COc1cc(Br)c(/C=C/C(=O)O)cc1OCC. The van der Waals surface area contributed by atoms with Crippen molar-refractivity contribution >= 4 is 33.9 Å². The van der Waals surface area contributed by atoms with Gasteiger partial charge in [-0.1, -0.05) is 15.9 Å². The first-order chi connectivity index (χ1) is 10.5. The topological polar surface area (TPSA) is 82.1 Å². The number of hydrogen-bond acceptors (Lipinski definition) is 5. The molecule has 0 radical (unpaired) electrons. The summed E-state index contributed by atoms with van der Waals surface area (Å²) in [5.74, 6) is -0.738. The van der Waals surface area contributed by atoms with Crippen molar-refractivity contribution in [2.24, 2.45) is 0 Å². The Balaban J connectivity index is 2.98. The Kier molecular flexibility index (Phi) is 7.45. The van der Waals surface area contributed by atoms with Crippen LogP contribution in [0.3, 0.4) is 0 Å². The quantitative estimate of drug-likeness (QED) is 0.558. The molecule has 0 aliphatic rings. The number of benzene rings is 1. The van der Waals surface area contributed by atoms with Crippen LogP contribution in [0, 0.1) is 0 Å². The first-order valence-electron chi connectivity index (χ1n) is 6.63. The molecule has 6 nitrogen and oxygen atoms in total. The molecule has 0 atom stereocenters. The van der Waals surface area contributed by atoms with Gasteiger partial charge >= 0.3 is 11.9 Å². The van der Waals surface area contributed by atoms with E-state index in [0.717, 1.165) is 6.08 Å². The van der Waals surface area contributed by atoms with Crippen LogP contribution < -0.4 is 9.47 Å². The molecule has 22 heavy (non-hydrogen) atoms. The van der Waals surface area contributed by atoms with Gasteiger partial charge in [0.15, 0.2) is 18.1 Å². The van der Waals surface area contributed by atoms with Crippen LogP contribution in [0.15, 0.2) is 22.7 Å².